The Morgan fingerprint density at radius 2 is 1.70 bits per heavy atom. The molecule has 0 aromatic heterocycles. The van der Waals surface area contributed by atoms with Crippen LogP contribution >= 0.6 is 0 Å². The van der Waals surface area contributed by atoms with E-state index in [-0.39, 0.29) is 17.9 Å². The van der Waals surface area contributed by atoms with Crippen molar-refractivity contribution < 1.29 is 32.6 Å². The molecular formula is C18H19NO7S. The Hall–Kier alpha value is -2.91. The van der Waals surface area contributed by atoms with Crippen molar-refractivity contribution in [3.8, 4) is 5.75 Å². The van der Waals surface area contributed by atoms with Crippen molar-refractivity contribution in [2.75, 3.05) is 13.7 Å². The van der Waals surface area contributed by atoms with Gasteiger partial charge in [-0.15, -0.1) is 0 Å². The molecule has 0 heterocycles. The molecule has 144 valence electrons. The predicted octanol–water partition coefficient (Wildman–Crippen LogP) is 1.21. The molecule has 0 aliphatic rings. The van der Waals surface area contributed by atoms with Gasteiger partial charge in [0, 0.05) is 0 Å². The number of esters is 1. The molecular weight excluding hydrogens is 374 g/mol. The fourth-order valence-electron chi connectivity index (χ4n) is 2.19. The van der Waals surface area contributed by atoms with Gasteiger partial charge in [-0.25, -0.2) is 13.2 Å². The Labute approximate surface area is 156 Å². The molecule has 2 N–H and O–H groups in total. The van der Waals surface area contributed by atoms with E-state index in [0.29, 0.717) is 11.3 Å². The average molecular weight is 393 g/mol. The maximum absolute atomic E-state index is 12.3. The van der Waals surface area contributed by atoms with Crippen LogP contribution < -0.4 is 9.46 Å². The van der Waals surface area contributed by atoms with E-state index in [0.717, 1.165) is 0 Å². The normalized spacial score (nSPS) is 12.2. The Morgan fingerprint density at radius 1 is 1.07 bits per heavy atom. The summed E-state index contributed by atoms with van der Waals surface area (Å²) >= 11 is 0. The number of nitrogens with one attached hydrogen (secondary N) is 1. The molecule has 0 bridgehead atoms. The SMILES string of the molecule is COC(=O)COc1ccc(C[C@H](NS(=O)(=O)c2ccccc2)C(=O)O)cc1. The van der Waals surface area contributed by atoms with Gasteiger partial charge in [0.15, 0.2) is 6.61 Å². The zero-order chi connectivity index (χ0) is 19.9. The van der Waals surface area contributed by atoms with Gasteiger partial charge in [-0.1, -0.05) is 30.3 Å². The van der Waals surface area contributed by atoms with E-state index in [1.54, 1.807) is 42.5 Å². The first-order valence-electron chi connectivity index (χ1n) is 7.90. The molecule has 0 fully saturated rings. The number of carbonyl (C=O) groups is 2. The molecule has 2 aromatic carbocycles. The number of ether oxygens (including phenoxy) is 2. The molecule has 0 radical (unpaired) electrons. The first kappa shape index (κ1) is 20.4. The van der Waals surface area contributed by atoms with Gasteiger partial charge in [0.05, 0.1) is 12.0 Å². The number of carboxylic acid groups (broad SMARTS) is 1. The summed E-state index contributed by atoms with van der Waals surface area (Å²) in [5.74, 6) is -1.42. The van der Waals surface area contributed by atoms with Crippen LogP contribution in [-0.4, -0.2) is 45.2 Å². The summed E-state index contributed by atoms with van der Waals surface area (Å²) in [5.41, 5.74) is 0.587. The predicted molar refractivity (Wildman–Crippen MR) is 95.8 cm³/mol. The van der Waals surface area contributed by atoms with Gasteiger partial charge in [0.25, 0.3) is 0 Å². The van der Waals surface area contributed by atoms with Crippen molar-refractivity contribution in [2.24, 2.45) is 0 Å². The number of rotatable bonds is 9. The molecule has 2 rings (SSSR count). The number of methoxy groups -OCH3 is 1. The summed E-state index contributed by atoms with van der Waals surface area (Å²) in [5, 5.41) is 9.37. The zero-order valence-electron chi connectivity index (χ0n) is 14.5. The topological polar surface area (TPSA) is 119 Å². The van der Waals surface area contributed by atoms with E-state index >= 15 is 0 Å². The number of hydrogen-bond acceptors (Lipinski definition) is 6. The Kier molecular flexibility index (Phi) is 6.91. The van der Waals surface area contributed by atoms with Gasteiger partial charge in [0.2, 0.25) is 10.0 Å². The second-order valence-corrected chi connectivity index (χ2v) is 7.25. The lowest BCUT2D eigenvalue weighted by Crippen LogP contribution is -2.42. The maximum Gasteiger partial charge on any atom is 0.343 e. The van der Waals surface area contributed by atoms with Crippen LogP contribution in [-0.2, 0) is 30.8 Å². The average Bonchev–Trinajstić information content (AvgIpc) is 2.67. The highest BCUT2D eigenvalue weighted by Gasteiger charge is 2.25. The Balaban J connectivity index is 2.06. The Bertz CT molecular complexity index is 880. The van der Waals surface area contributed by atoms with Gasteiger partial charge in [0.1, 0.15) is 11.8 Å². The van der Waals surface area contributed by atoms with Crippen LogP contribution in [0.15, 0.2) is 59.5 Å². The molecule has 0 aliphatic carbocycles. The van der Waals surface area contributed by atoms with E-state index in [9.17, 15) is 23.1 Å². The van der Waals surface area contributed by atoms with Crippen molar-refractivity contribution in [2.45, 2.75) is 17.4 Å². The molecule has 0 saturated carbocycles. The molecule has 0 spiro atoms. The first-order chi connectivity index (χ1) is 12.8. The van der Waals surface area contributed by atoms with Gasteiger partial charge in [-0.2, -0.15) is 4.72 Å². The minimum atomic E-state index is -3.96. The fraction of sp³-hybridized carbons (Fsp3) is 0.222. The lowest BCUT2D eigenvalue weighted by Gasteiger charge is -2.15. The van der Waals surface area contributed by atoms with Gasteiger partial charge in [-0.05, 0) is 36.2 Å². The number of carbonyl (C=O) groups excluding carboxylic acids is 1. The van der Waals surface area contributed by atoms with Gasteiger partial charge < -0.3 is 14.6 Å². The minimum absolute atomic E-state index is 0.0113. The molecule has 8 nitrogen and oxygen atoms in total. The monoisotopic (exact) mass is 393 g/mol. The third-order valence-electron chi connectivity index (χ3n) is 3.60. The van der Waals surface area contributed by atoms with Crippen LogP contribution in [0.3, 0.4) is 0 Å². The standard InChI is InChI=1S/C18H19NO7S/c1-25-17(20)12-26-14-9-7-13(8-10-14)11-16(18(21)22)19-27(23,24)15-5-3-2-4-6-15/h2-10,16,19H,11-12H2,1H3,(H,21,22)/t16-/m0/s1. The summed E-state index contributed by atoms with van der Waals surface area (Å²) in [6.45, 7) is -0.246. The molecule has 0 aliphatic heterocycles. The van der Waals surface area contributed by atoms with Crippen LogP contribution in [0.25, 0.3) is 0 Å². The van der Waals surface area contributed by atoms with Crippen LogP contribution in [0.2, 0.25) is 0 Å². The smallest absolute Gasteiger partial charge is 0.343 e. The number of aliphatic carboxylic acids is 1. The Morgan fingerprint density at radius 3 is 2.26 bits per heavy atom. The molecule has 0 unspecified atom stereocenters. The highest BCUT2D eigenvalue weighted by atomic mass is 32.2. The van der Waals surface area contributed by atoms with Crippen LogP contribution in [0.4, 0.5) is 0 Å². The molecule has 0 amide bonds. The quantitative estimate of drug-likeness (QED) is 0.615. The third-order valence-corrected chi connectivity index (χ3v) is 5.08. The summed E-state index contributed by atoms with van der Waals surface area (Å²) in [6.07, 6.45) is -0.0569. The maximum atomic E-state index is 12.3. The first-order valence-corrected chi connectivity index (χ1v) is 9.39. The second-order valence-electron chi connectivity index (χ2n) is 5.54. The minimum Gasteiger partial charge on any atom is -0.482 e. The van der Waals surface area contributed by atoms with E-state index in [4.69, 9.17) is 4.74 Å². The van der Waals surface area contributed by atoms with Crippen molar-refractivity contribution in [1.29, 1.82) is 0 Å². The zero-order valence-corrected chi connectivity index (χ0v) is 15.3. The van der Waals surface area contributed by atoms with Crippen molar-refractivity contribution in [1.82, 2.24) is 4.72 Å². The van der Waals surface area contributed by atoms with Gasteiger partial charge >= 0.3 is 11.9 Å². The number of carboxylic acids is 1. The van der Waals surface area contributed by atoms with E-state index in [2.05, 4.69) is 9.46 Å². The van der Waals surface area contributed by atoms with E-state index in [1.807, 2.05) is 0 Å². The molecule has 0 saturated heterocycles. The number of sulfonamides is 1. The third kappa shape index (κ3) is 6.08. The molecule has 2 aromatic rings. The van der Waals surface area contributed by atoms with Crippen LogP contribution in [0, 0.1) is 0 Å². The second kappa shape index (κ2) is 9.15. The highest BCUT2D eigenvalue weighted by Crippen LogP contribution is 2.15. The van der Waals surface area contributed by atoms with Crippen molar-refractivity contribution in [3.05, 3.63) is 60.2 Å². The molecule has 9 heteroatoms. The van der Waals surface area contributed by atoms with E-state index < -0.39 is 28.0 Å². The fourth-order valence-corrected chi connectivity index (χ4v) is 3.40. The summed E-state index contributed by atoms with van der Waals surface area (Å²) in [6, 6.07) is 12.5. The molecule has 1 atom stereocenters. The number of hydrogen-bond donors (Lipinski definition) is 2. The van der Waals surface area contributed by atoms with Gasteiger partial charge in [-0.3, -0.25) is 4.79 Å². The lowest BCUT2D eigenvalue weighted by atomic mass is 10.1. The lowest BCUT2D eigenvalue weighted by molar-refractivity contribution is -0.143. The van der Waals surface area contributed by atoms with E-state index in [1.165, 1.54) is 19.2 Å². The summed E-state index contributed by atoms with van der Waals surface area (Å²) < 4.78 is 36.5. The van der Waals surface area contributed by atoms with Crippen molar-refractivity contribution >= 4 is 22.0 Å². The van der Waals surface area contributed by atoms with Crippen LogP contribution in [0.1, 0.15) is 5.56 Å². The number of benzene rings is 2. The highest BCUT2D eigenvalue weighted by molar-refractivity contribution is 7.89. The largest absolute Gasteiger partial charge is 0.482 e. The summed E-state index contributed by atoms with van der Waals surface area (Å²) in [4.78, 5) is 22.5. The summed E-state index contributed by atoms with van der Waals surface area (Å²) in [7, 11) is -2.71. The molecule has 27 heavy (non-hydrogen) atoms. The van der Waals surface area contributed by atoms with Crippen LogP contribution in [0.5, 0.6) is 5.75 Å². The van der Waals surface area contributed by atoms with Crippen molar-refractivity contribution in [3.63, 3.8) is 0 Å².